The smallest absolute Gasteiger partial charge is 0.254 e. The SMILES string of the molecule is NC(=O)C1(CC2CC2)CCCN(C(=O)c2ccsc2)C1. The van der Waals surface area contributed by atoms with Crippen LogP contribution in [0.2, 0.25) is 0 Å². The number of rotatable bonds is 4. The van der Waals surface area contributed by atoms with Gasteiger partial charge in [0.2, 0.25) is 5.91 Å². The third kappa shape index (κ3) is 2.59. The lowest BCUT2D eigenvalue weighted by Crippen LogP contribution is -2.52. The zero-order valence-corrected chi connectivity index (χ0v) is 12.3. The van der Waals surface area contributed by atoms with Gasteiger partial charge in [0, 0.05) is 18.5 Å². The molecular weight excluding hydrogens is 272 g/mol. The summed E-state index contributed by atoms with van der Waals surface area (Å²) < 4.78 is 0. The van der Waals surface area contributed by atoms with Crippen LogP contribution in [0.4, 0.5) is 0 Å². The molecule has 4 nitrogen and oxygen atoms in total. The van der Waals surface area contributed by atoms with Crippen molar-refractivity contribution in [1.29, 1.82) is 0 Å². The van der Waals surface area contributed by atoms with Crippen LogP contribution in [0.5, 0.6) is 0 Å². The van der Waals surface area contributed by atoms with E-state index in [1.807, 2.05) is 21.7 Å². The molecule has 0 radical (unpaired) electrons. The summed E-state index contributed by atoms with van der Waals surface area (Å²) in [7, 11) is 0. The van der Waals surface area contributed by atoms with Crippen LogP contribution in [0.1, 0.15) is 42.5 Å². The largest absolute Gasteiger partial charge is 0.369 e. The molecule has 2 N–H and O–H groups in total. The fourth-order valence-corrected chi connectivity index (χ4v) is 3.85. The Labute approximate surface area is 122 Å². The number of hydrogen-bond acceptors (Lipinski definition) is 3. The Kier molecular flexibility index (Phi) is 3.54. The molecule has 0 aromatic carbocycles. The van der Waals surface area contributed by atoms with E-state index < -0.39 is 5.41 Å². The van der Waals surface area contributed by atoms with E-state index in [-0.39, 0.29) is 11.8 Å². The molecule has 1 aliphatic heterocycles. The van der Waals surface area contributed by atoms with Gasteiger partial charge in [-0.05, 0) is 36.6 Å². The molecule has 1 saturated heterocycles. The maximum atomic E-state index is 12.5. The maximum Gasteiger partial charge on any atom is 0.254 e. The van der Waals surface area contributed by atoms with Crippen molar-refractivity contribution in [2.75, 3.05) is 13.1 Å². The average molecular weight is 292 g/mol. The Morgan fingerprint density at radius 2 is 2.25 bits per heavy atom. The van der Waals surface area contributed by atoms with Gasteiger partial charge in [-0.2, -0.15) is 11.3 Å². The molecule has 20 heavy (non-hydrogen) atoms. The molecule has 2 heterocycles. The zero-order valence-electron chi connectivity index (χ0n) is 11.5. The monoisotopic (exact) mass is 292 g/mol. The lowest BCUT2D eigenvalue weighted by Gasteiger charge is -2.41. The van der Waals surface area contributed by atoms with Crippen LogP contribution in [-0.2, 0) is 4.79 Å². The number of thiophene rings is 1. The van der Waals surface area contributed by atoms with Gasteiger partial charge in [-0.1, -0.05) is 12.8 Å². The molecule has 5 heteroatoms. The first-order chi connectivity index (χ1) is 9.61. The van der Waals surface area contributed by atoms with E-state index in [4.69, 9.17) is 5.73 Å². The minimum atomic E-state index is -0.495. The lowest BCUT2D eigenvalue weighted by molar-refractivity contribution is -0.131. The van der Waals surface area contributed by atoms with E-state index in [1.165, 1.54) is 24.2 Å². The number of primary amides is 1. The van der Waals surface area contributed by atoms with Crippen LogP contribution < -0.4 is 5.73 Å². The highest BCUT2D eigenvalue weighted by Gasteiger charge is 2.45. The Bertz CT molecular complexity index is 510. The highest BCUT2D eigenvalue weighted by molar-refractivity contribution is 7.08. The lowest BCUT2D eigenvalue weighted by atomic mass is 9.75. The number of carbonyl (C=O) groups is 2. The third-order valence-electron chi connectivity index (χ3n) is 4.53. The van der Waals surface area contributed by atoms with E-state index in [1.54, 1.807) is 0 Å². The first kappa shape index (κ1) is 13.6. The van der Waals surface area contributed by atoms with Gasteiger partial charge in [-0.3, -0.25) is 9.59 Å². The number of nitrogens with two attached hydrogens (primary N) is 1. The molecule has 3 rings (SSSR count). The molecule has 1 aromatic rings. The molecule has 2 aliphatic rings. The number of likely N-dealkylation sites (tertiary alicyclic amines) is 1. The molecule has 1 atom stereocenters. The van der Waals surface area contributed by atoms with Gasteiger partial charge in [0.1, 0.15) is 0 Å². The molecule has 1 unspecified atom stereocenters. The number of piperidine rings is 1. The quantitative estimate of drug-likeness (QED) is 0.925. The Morgan fingerprint density at radius 3 is 2.85 bits per heavy atom. The second kappa shape index (κ2) is 5.20. The van der Waals surface area contributed by atoms with Gasteiger partial charge in [-0.25, -0.2) is 0 Å². The normalized spacial score (nSPS) is 26.5. The number of hydrogen-bond donors (Lipinski definition) is 1. The van der Waals surface area contributed by atoms with Crippen molar-refractivity contribution < 1.29 is 9.59 Å². The van der Waals surface area contributed by atoms with Crippen molar-refractivity contribution in [2.45, 2.75) is 32.1 Å². The highest BCUT2D eigenvalue weighted by Crippen LogP contribution is 2.44. The van der Waals surface area contributed by atoms with Crippen molar-refractivity contribution in [3.05, 3.63) is 22.4 Å². The molecule has 2 amide bonds. The van der Waals surface area contributed by atoms with Crippen LogP contribution in [0, 0.1) is 11.3 Å². The third-order valence-corrected chi connectivity index (χ3v) is 5.21. The van der Waals surface area contributed by atoms with E-state index >= 15 is 0 Å². The predicted molar refractivity (Wildman–Crippen MR) is 78.4 cm³/mol. The second-order valence-corrected chi connectivity index (χ2v) is 6.91. The summed E-state index contributed by atoms with van der Waals surface area (Å²) >= 11 is 1.52. The first-order valence-electron chi connectivity index (χ1n) is 7.22. The molecule has 108 valence electrons. The van der Waals surface area contributed by atoms with Gasteiger partial charge < -0.3 is 10.6 Å². The van der Waals surface area contributed by atoms with Gasteiger partial charge in [0.05, 0.1) is 11.0 Å². The fourth-order valence-electron chi connectivity index (χ4n) is 3.22. The van der Waals surface area contributed by atoms with Crippen molar-refractivity contribution in [3.8, 4) is 0 Å². The van der Waals surface area contributed by atoms with Gasteiger partial charge in [-0.15, -0.1) is 0 Å². The first-order valence-corrected chi connectivity index (χ1v) is 8.16. The molecule has 0 spiro atoms. The van der Waals surface area contributed by atoms with Gasteiger partial charge in [0.15, 0.2) is 0 Å². The van der Waals surface area contributed by atoms with Crippen molar-refractivity contribution in [2.24, 2.45) is 17.1 Å². The average Bonchev–Trinajstić information content (AvgIpc) is 3.08. The Morgan fingerprint density at radius 1 is 1.45 bits per heavy atom. The summed E-state index contributed by atoms with van der Waals surface area (Å²) in [5, 5.41) is 3.77. The van der Waals surface area contributed by atoms with Crippen molar-refractivity contribution >= 4 is 23.2 Å². The number of carbonyl (C=O) groups excluding carboxylic acids is 2. The summed E-state index contributed by atoms with van der Waals surface area (Å²) in [6.07, 6.45) is 4.95. The fraction of sp³-hybridized carbons (Fsp3) is 0.600. The van der Waals surface area contributed by atoms with Crippen LogP contribution >= 0.6 is 11.3 Å². The summed E-state index contributed by atoms with van der Waals surface area (Å²) in [6, 6.07) is 1.84. The number of amides is 2. The van der Waals surface area contributed by atoms with E-state index in [0.29, 0.717) is 12.5 Å². The van der Waals surface area contributed by atoms with Crippen molar-refractivity contribution in [1.82, 2.24) is 4.90 Å². The summed E-state index contributed by atoms with van der Waals surface area (Å²) in [5.41, 5.74) is 5.91. The van der Waals surface area contributed by atoms with Crippen molar-refractivity contribution in [3.63, 3.8) is 0 Å². The summed E-state index contributed by atoms with van der Waals surface area (Å²) in [4.78, 5) is 26.3. The van der Waals surface area contributed by atoms with Crippen LogP contribution in [0.3, 0.4) is 0 Å². The van der Waals surface area contributed by atoms with E-state index in [0.717, 1.165) is 31.4 Å². The standard InChI is InChI=1S/C15H20N2O2S/c16-14(19)15(8-11-2-3-11)5-1-6-17(10-15)13(18)12-4-7-20-9-12/h4,7,9,11H,1-3,5-6,8,10H2,(H2,16,19). The highest BCUT2D eigenvalue weighted by atomic mass is 32.1. The summed E-state index contributed by atoms with van der Waals surface area (Å²) in [6.45, 7) is 1.22. The molecule has 0 bridgehead atoms. The zero-order chi connectivity index (χ0) is 14.2. The predicted octanol–water partition coefficient (Wildman–Crippen LogP) is 2.26. The Hall–Kier alpha value is -1.36. The maximum absolute atomic E-state index is 12.5. The molecule has 1 aromatic heterocycles. The number of nitrogens with zero attached hydrogens (tertiary/aromatic N) is 1. The van der Waals surface area contributed by atoms with Crippen LogP contribution in [0.15, 0.2) is 16.8 Å². The topological polar surface area (TPSA) is 63.4 Å². The summed E-state index contributed by atoms with van der Waals surface area (Å²) in [5.74, 6) is 0.443. The van der Waals surface area contributed by atoms with Gasteiger partial charge in [0.25, 0.3) is 5.91 Å². The van der Waals surface area contributed by atoms with Crippen LogP contribution in [-0.4, -0.2) is 29.8 Å². The molecule has 1 aliphatic carbocycles. The minimum absolute atomic E-state index is 0.0346. The minimum Gasteiger partial charge on any atom is -0.369 e. The second-order valence-electron chi connectivity index (χ2n) is 6.13. The molecule has 1 saturated carbocycles. The van der Waals surface area contributed by atoms with Crippen LogP contribution in [0.25, 0.3) is 0 Å². The molecule has 2 fully saturated rings. The Balaban J connectivity index is 1.77. The van der Waals surface area contributed by atoms with E-state index in [9.17, 15) is 9.59 Å². The van der Waals surface area contributed by atoms with E-state index in [2.05, 4.69) is 0 Å². The van der Waals surface area contributed by atoms with Gasteiger partial charge >= 0.3 is 0 Å². The molecular formula is C15H20N2O2S.